The fourth-order valence-electron chi connectivity index (χ4n) is 0.120. The number of rotatable bonds is 3. The highest BCUT2D eigenvalue weighted by Crippen LogP contribution is 1.83. The van der Waals surface area contributed by atoms with Crippen molar-refractivity contribution in [3.8, 4) is 0 Å². The molecule has 0 bridgehead atoms. The first-order chi connectivity index (χ1) is 3.35. The number of amides is 1. The van der Waals surface area contributed by atoms with Crippen LogP contribution in [0.3, 0.4) is 0 Å². The van der Waals surface area contributed by atoms with Gasteiger partial charge in [0.25, 0.3) is 0 Å². The Morgan fingerprint density at radius 3 is 2.43 bits per heavy atom. The third kappa shape index (κ3) is 2.23. The van der Waals surface area contributed by atoms with E-state index < -0.39 is 0 Å². The lowest BCUT2D eigenvalue weighted by Crippen LogP contribution is -2.10. The second kappa shape index (κ2) is 3.68. The Hall–Kier alpha value is -0.500. The lowest BCUT2D eigenvalue weighted by atomic mass is 10.8. The van der Waals surface area contributed by atoms with E-state index in [2.05, 4.69) is 6.58 Å². The highest BCUT2D eigenvalue weighted by molar-refractivity contribution is 6.18. The van der Waals surface area contributed by atoms with Crippen LogP contribution in [0.1, 0.15) is 0 Å². The summed E-state index contributed by atoms with van der Waals surface area (Å²) in [5.41, 5.74) is 0. The molecule has 0 saturated carbocycles. The number of carbonyl (C=O) groups is 1. The molecular formula is C4H6ClNO. The lowest BCUT2D eigenvalue weighted by Gasteiger charge is -2.02. The number of hydrogen-bond donors (Lipinski definition) is 0. The van der Waals surface area contributed by atoms with Crippen LogP contribution in [-0.4, -0.2) is 17.3 Å². The van der Waals surface area contributed by atoms with E-state index in [9.17, 15) is 4.79 Å². The lowest BCUT2D eigenvalue weighted by molar-refractivity contribution is -0.115. The smallest absolute Gasteiger partial charge is 0.214 e. The zero-order valence-corrected chi connectivity index (χ0v) is 4.56. The fourth-order valence-corrected chi connectivity index (χ4v) is 0.274. The second-order valence-corrected chi connectivity index (χ2v) is 1.16. The Kier molecular flexibility index (Phi) is 3.42. The van der Waals surface area contributed by atoms with Gasteiger partial charge in [-0.2, -0.15) is 0 Å². The van der Waals surface area contributed by atoms with Crippen LogP contribution in [0.2, 0.25) is 0 Å². The van der Waals surface area contributed by atoms with Crippen molar-refractivity contribution in [2.75, 3.05) is 6.00 Å². The maximum absolute atomic E-state index is 9.74. The molecule has 0 fully saturated rings. The quantitative estimate of drug-likeness (QED) is 0.306. The highest BCUT2D eigenvalue weighted by Gasteiger charge is 1.85. The summed E-state index contributed by atoms with van der Waals surface area (Å²) in [7, 11) is 0. The molecule has 0 aromatic rings. The standard InChI is InChI=1S/C4H6ClNO/c1-2-6(3-5)4-7/h2,4H,1,3H2. The summed E-state index contributed by atoms with van der Waals surface area (Å²) in [5, 5.41) is 0. The Labute approximate surface area is 47.4 Å². The number of halogens is 1. The molecule has 3 heteroatoms. The molecule has 0 aliphatic heterocycles. The summed E-state index contributed by atoms with van der Waals surface area (Å²) in [6, 6.07) is 0.174. The van der Waals surface area contributed by atoms with Crippen LogP contribution in [-0.2, 0) is 4.79 Å². The molecule has 0 N–H and O–H groups in total. The first-order valence-electron chi connectivity index (χ1n) is 1.74. The Bertz CT molecular complexity index is 66.1. The monoisotopic (exact) mass is 119 g/mol. The van der Waals surface area contributed by atoms with E-state index in [1.807, 2.05) is 0 Å². The summed E-state index contributed by atoms with van der Waals surface area (Å²) >= 11 is 5.19. The number of hydrogen-bond acceptors (Lipinski definition) is 1. The molecule has 0 aromatic heterocycles. The molecule has 2 nitrogen and oxygen atoms in total. The minimum absolute atomic E-state index is 0.174. The summed E-state index contributed by atoms with van der Waals surface area (Å²) in [5.74, 6) is 0. The first kappa shape index (κ1) is 6.50. The summed E-state index contributed by atoms with van der Waals surface area (Å²) in [6.45, 7) is 3.31. The van der Waals surface area contributed by atoms with Crippen molar-refractivity contribution < 1.29 is 4.79 Å². The van der Waals surface area contributed by atoms with E-state index in [1.54, 1.807) is 0 Å². The molecule has 0 radical (unpaired) electrons. The second-order valence-electron chi connectivity index (χ2n) is 0.922. The normalized spacial score (nSPS) is 7.57. The van der Waals surface area contributed by atoms with Crippen LogP contribution in [0, 0.1) is 0 Å². The van der Waals surface area contributed by atoms with Crippen LogP contribution in [0.15, 0.2) is 12.8 Å². The van der Waals surface area contributed by atoms with Gasteiger partial charge in [-0.25, -0.2) is 0 Å². The topological polar surface area (TPSA) is 20.3 Å². The summed E-state index contributed by atoms with van der Waals surface area (Å²) in [4.78, 5) is 11.0. The Morgan fingerprint density at radius 2 is 2.43 bits per heavy atom. The van der Waals surface area contributed by atoms with E-state index in [0.717, 1.165) is 0 Å². The van der Waals surface area contributed by atoms with Gasteiger partial charge in [-0.1, -0.05) is 6.58 Å². The molecule has 0 spiro atoms. The Morgan fingerprint density at radius 1 is 1.86 bits per heavy atom. The van der Waals surface area contributed by atoms with E-state index in [-0.39, 0.29) is 6.00 Å². The van der Waals surface area contributed by atoms with Crippen molar-refractivity contribution in [1.82, 2.24) is 4.90 Å². The van der Waals surface area contributed by atoms with E-state index in [0.29, 0.717) is 6.41 Å². The van der Waals surface area contributed by atoms with E-state index in [4.69, 9.17) is 11.6 Å². The molecular weight excluding hydrogens is 114 g/mol. The molecule has 0 aliphatic carbocycles. The maximum atomic E-state index is 9.74. The van der Waals surface area contributed by atoms with Gasteiger partial charge >= 0.3 is 0 Å². The summed E-state index contributed by atoms with van der Waals surface area (Å²) in [6.07, 6.45) is 1.97. The largest absolute Gasteiger partial charge is 0.308 e. The van der Waals surface area contributed by atoms with Gasteiger partial charge in [0.15, 0.2) is 0 Å². The van der Waals surface area contributed by atoms with Gasteiger partial charge in [0.2, 0.25) is 6.41 Å². The SMILES string of the molecule is C=CN(C=O)CCl. The number of carbonyl (C=O) groups excluding carboxylic acids is 1. The molecule has 0 aliphatic rings. The minimum atomic E-state index is 0.174. The molecule has 0 unspecified atom stereocenters. The Balaban J connectivity index is 3.36. The van der Waals surface area contributed by atoms with E-state index >= 15 is 0 Å². The van der Waals surface area contributed by atoms with Crippen molar-refractivity contribution in [2.24, 2.45) is 0 Å². The first-order valence-corrected chi connectivity index (χ1v) is 2.28. The predicted molar refractivity (Wildman–Crippen MR) is 28.8 cm³/mol. The average Bonchev–Trinajstić information content (AvgIpc) is 1.72. The van der Waals surface area contributed by atoms with Crippen molar-refractivity contribution in [3.63, 3.8) is 0 Å². The highest BCUT2D eigenvalue weighted by atomic mass is 35.5. The molecule has 0 heterocycles. The third-order valence-corrected chi connectivity index (χ3v) is 0.784. The third-order valence-electron chi connectivity index (χ3n) is 0.508. The maximum Gasteiger partial charge on any atom is 0.214 e. The molecule has 0 atom stereocenters. The van der Waals surface area contributed by atoms with Crippen molar-refractivity contribution in [1.29, 1.82) is 0 Å². The number of alkyl halides is 1. The van der Waals surface area contributed by atoms with Gasteiger partial charge in [0.1, 0.15) is 0 Å². The molecule has 0 rings (SSSR count). The molecule has 7 heavy (non-hydrogen) atoms. The van der Waals surface area contributed by atoms with Gasteiger partial charge < -0.3 is 4.90 Å². The van der Waals surface area contributed by atoms with Crippen LogP contribution in [0.5, 0.6) is 0 Å². The minimum Gasteiger partial charge on any atom is -0.308 e. The predicted octanol–water partition coefficient (Wildman–Crippen LogP) is 0.785. The molecule has 40 valence electrons. The van der Waals surface area contributed by atoms with Crippen molar-refractivity contribution >= 4 is 18.0 Å². The van der Waals surface area contributed by atoms with Gasteiger partial charge in [-0.05, 0) is 0 Å². The zero-order chi connectivity index (χ0) is 5.70. The van der Waals surface area contributed by atoms with Gasteiger partial charge in [-0.15, -0.1) is 11.6 Å². The summed E-state index contributed by atoms with van der Waals surface area (Å²) < 4.78 is 0. The van der Waals surface area contributed by atoms with Crippen LogP contribution in [0.4, 0.5) is 0 Å². The zero-order valence-electron chi connectivity index (χ0n) is 3.80. The van der Waals surface area contributed by atoms with Gasteiger partial charge in [0, 0.05) is 6.20 Å². The van der Waals surface area contributed by atoms with Gasteiger partial charge in [-0.3, -0.25) is 4.79 Å². The molecule has 1 amide bonds. The van der Waals surface area contributed by atoms with Crippen molar-refractivity contribution in [3.05, 3.63) is 12.8 Å². The molecule has 0 saturated heterocycles. The average molecular weight is 120 g/mol. The van der Waals surface area contributed by atoms with Crippen LogP contribution >= 0.6 is 11.6 Å². The van der Waals surface area contributed by atoms with E-state index in [1.165, 1.54) is 11.1 Å². The van der Waals surface area contributed by atoms with Crippen LogP contribution in [0.25, 0.3) is 0 Å². The van der Waals surface area contributed by atoms with Gasteiger partial charge in [0.05, 0.1) is 6.00 Å². The number of nitrogens with zero attached hydrogens (tertiary/aromatic N) is 1. The van der Waals surface area contributed by atoms with Crippen molar-refractivity contribution in [2.45, 2.75) is 0 Å². The fraction of sp³-hybridized carbons (Fsp3) is 0.250. The van der Waals surface area contributed by atoms with Crippen LogP contribution < -0.4 is 0 Å². The molecule has 0 aromatic carbocycles.